The molecule has 0 spiro atoms. The van der Waals surface area contributed by atoms with Gasteiger partial charge in [-0.15, -0.1) is 11.3 Å². The molecule has 0 atom stereocenters. The smallest absolute Gasteiger partial charge is 0.337 e. The minimum atomic E-state index is -0.371. The summed E-state index contributed by atoms with van der Waals surface area (Å²) in [4.78, 5) is 31.3. The van der Waals surface area contributed by atoms with Crippen LogP contribution in [0, 0.1) is 6.92 Å². The summed E-state index contributed by atoms with van der Waals surface area (Å²) in [5, 5.41) is 0.822. The molecule has 2 aromatic heterocycles. The summed E-state index contributed by atoms with van der Waals surface area (Å²) in [6, 6.07) is 6.83. The van der Waals surface area contributed by atoms with Gasteiger partial charge in [-0.25, -0.2) is 9.78 Å². The van der Waals surface area contributed by atoms with Crippen LogP contribution in [0.5, 0.6) is 5.75 Å². The first-order valence-corrected chi connectivity index (χ1v) is 10.2. The van der Waals surface area contributed by atoms with E-state index in [9.17, 15) is 9.59 Å². The van der Waals surface area contributed by atoms with Crippen LogP contribution in [0.1, 0.15) is 39.5 Å². The zero-order valence-electron chi connectivity index (χ0n) is 16.0. The molecule has 7 heteroatoms. The van der Waals surface area contributed by atoms with Crippen molar-refractivity contribution in [3.63, 3.8) is 0 Å². The van der Waals surface area contributed by atoms with Crippen LogP contribution < -0.4 is 10.3 Å². The Morgan fingerprint density at radius 3 is 2.79 bits per heavy atom. The van der Waals surface area contributed by atoms with E-state index in [0.717, 1.165) is 35.3 Å². The van der Waals surface area contributed by atoms with Gasteiger partial charge in [0.05, 0.1) is 24.7 Å². The normalized spacial score (nSPS) is 12.9. The Bertz CT molecular complexity index is 1080. The van der Waals surface area contributed by atoms with Crippen molar-refractivity contribution >= 4 is 27.5 Å². The Morgan fingerprint density at radius 2 is 2.04 bits per heavy atom. The number of ether oxygens (including phenoxy) is 2. The highest BCUT2D eigenvalue weighted by molar-refractivity contribution is 7.18. The van der Waals surface area contributed by atoms with Gasteiger partial charge in [-0.05, 0) is 62.4 Å². The van der Waals surface area contributed by atoms with Crippen LogP contribution in [0.3, 0.4) is 0 Å². The molecule has 0 bridgehead atoms. The molecule has 0 unspecified atom stereocenters. The Morgan fingerprint density at radius 1 is 1.25 bits per heavy atom. The third-order valence-electron chi connectivity index (χ3n) is 5.09. The fourth-order valence-electron chi connectivity index (χ4n) is 3.66. The number of benzene rings is 1. The van der Waals surface area contributed by atoms with Crippen molar-refractivity contribution in [2.24, 2.45) is 0 Å². The number of thiophene rings is 1. The highest BCUT2D eigenvalue weighted by atomic mass is 32.1. The third-order valence-corrected chi connectivity index (χ3v) is 6.27. The number of methoxy groups -OCH3 is 1. The topological polar surface area (TPSA) is 70.4 Å². The molecular formula is C21H22N2O4S. The van der Waals surface area contributed by atoms with Crippen LogP contribution in [0.2, 0.25) is 0 Å². The Hall–Kier alpha value is -2.67. The lowest BCUT2D eigenvalue weighted by molar-refractivity contribution is 0.0600. The summed E-state index contributed by atoms with van der Waals surface area (Å²) in [5.41, 5.74) is 1.78. The van der Waals surface area contributed by atoms with Gasteiger partial charge in [-0.2, -0.15) is 0 Å². The van der Waals surface area contributed by atoms with Crippen LogP contribution in [0.25, 0.3) is 10.2 Å². The molecule has 146 valence electrons. The highest BCUT2D eigenvalue weighted by Gasteiger charge is 2.22. The Kier molecular flexibility index (Phi) is 5.17. The molecule has 4 rings (SSSR count). The van der Waals surface area contributed by atoms with Gasteiger partial charge in [0.15, 0.2) is 0 Å². The largest absolute Gasteiger partial charge is 0.494 e. The average Bonchev–Trinajstić information content (AvgIpc) is 3.27. The second-order valence-corrected chi connectivity index (χ2v) is 7.95. The number of carbonyl (C=O) groups is 1. The summed E-state index contributed by atoms with van der Waals surface area (Å²) in [5.74, 6) is 1.06. The Balaban J connectivity index is 1.42. The molecule has 28 heavy (non-hydrogen) atoms. The number of carbonyl (C=O) groups excluding carboxylic acids is 1. The molecule has 0 aliphatic heterocycles. The van der Waals surface area contributed by atoms with Gasteiger partial charge in [0.1, 0.15) is 16.4 Å². The van der Waals surface area contributed by atoms with Gasteiger partial charge >= 0.3 is 5.97 Å². The molecule has 0 fully saturated rings. The number of rotatable bonds is 6. The van der Waals surface area contributed by atoms with Gasteiger partial charge < -0.3 is 9.47 Å². The molecule has 2 heterocycles. The summed E-state index contributed by atoms with van der Waals surface area (Å²) >= 11 is 1.67. The van der Waals surface area contributed by atoms with Crippen LogP contribution >= 0.6 is 11.3 Å². The van der Waals surface area contributed by atoms with Gasteiger partial charge in [0.2, 0.25) is 0 Å². The van der Waals surface area contributed by atoms with Crippen LogP contribution in [-0.2, 0) is 24.1 Å². The lowest BCUT2D eigenvalue weighted by Gasteiger charge is -2.11. The quantitative estimate of drug-likeness (QED) is 0.469. The summed E-state index contributed by atoms with van der Waals surface area (Å²) in [6.45, 7) is 2.93. The van der Waals surface area contributed by atoms with E-state index in [-0.39, 0.29) is 11.5 Å². The maximum absolute atomic E-state index is 13.0. The molecule has 0 amide bonds. The molecule has 6 nitrogen and oxygen atoms in total. The van der Waals surface area contributed by atoms with E-state index in [2.05, 4.69) is 9.72 Å². The van der Waals surface area contributed by atoms with E-state index in [4.69, 9.17) is 4.74 Å². The maximum Gasteiger partial charge on any atom is 0.337 e. The molecule has 0 N–H and O–H groups in total. The van der Waals surface area contributed by atoms with Crippen molar-refractivity contribution in [1.82, 2.24) is 9.55 Å². The number of hydrogen-bond donors (Lipinski definition) is 0. The second kappa shape index (κ2) is 7.75. The summed E-state index contributed by atoms with van der Waals surface area (Å²) in [7, 11) is 1.35. The van der Waals surface area contributed by atoms with Gasteiger partial charge in [0.25, 0.3) is 5.56 Å². The monoisotopic (exact) mass is 398 g/mol. The number of aryl methyl sites for hydroxylation is 3. The summed E-state index contributed by atoms with van der Waals surface area (Å²) in [6.07, 6.45) is 3.88. The van der Waals surface area contributed by atoms with E-state index in [1.165, 1.54) is 17.6 Å². The van der Waals surface area contributed by atoms with Crippen molar-refractivity contribution in [3.8, 4) is 5.75 Å². The summed E-state index contributed by atoms with van der Waals surface area (Å²) < 4.78 is 12.2. The SMILES string of the molecule is COC(=O)c1ccc(OCCCn2c(C)nc3sc4c(c3c2=O)CCC4)cc1. The average molecular weight is 398 g/mol. The fourth-order valence-corrected chi connectivity index (χ4v) is 4.96. The zero-order valence-corrected chi connectivity index (χ0v) is 16.8. The molecule has 0 radical (unpaired) electrons. The minimum absolute atomic E-state index is 0.0735. The molecule has 0 saturated carbocycles. The van der Waals surface area contributed by atoms with Crippen molar-refractivity contribution in [1.29, 1.82) is 0 Å². The number of hydrogen-bond acceptors (Lipinski definition) is 6. The highest BCUT2D eigenvalue weighted by Crippen LogP contribution is 2.34. The van der Waals surface area contributed by atoms with E-state index in [0.29, 0.717) is 30.9 Å². The third kappa shape index (κ3) is 3.42. The predicted octanol–water partition coefficient (Wildman–Crippen LogP) is 3.51. The second-order valence-electron chi connectivity index (χ2n) is 6.87. The lowest BCUT2D eigenvalue weighted by Crippen LogP contribution is -2.24. The van der Waals surface area contributed by atoms with Crippen LogP contribution in [0.4, 0.5) is 0 Å². The minimum Gasteiger partial charge on any atom is -0.494 e. The van der Waals surface area contributed by atoms with Gasteiger partial charge in [-0.1, -0.05) is 0 Å². The van der Waals surface area contributed by atoms with Crippen molar-refractivity contribution in [2.45, 2.75) is 39.2 Å². The zero-order chi connectivity index (χ0) is 19.7. The van der Waals surface area contributed by atoms with Crippen LogP contribution in [-0.4, -0.2) is 29.2 Å². The number of nitrogens with zero attached hydrogens (tertiary/aromatic N) is 2. The standard InChI is InChI=1S/C21H22N2O4S/c1-13-22-19-18(16-5-3-6-17(16)28-19)20(24)23(13)11-4-12-27-15-9-7-14(8-10-15)21(25)26-2/h7-10H,3-6,11-12H2,1-2H3. The van der Waals surface area contributed by atoms with E-state index in [1.54, 1.807) is 40.2 Å². The van der Waals surface area contributed by atoms with Crippen LogP contribution in [0.15, 0.2) is 29.1 Å². The van der Waals surface area contributed by atoms with Crippen molar-refractivity contribution in [2.75, 3.05) is 13.7 Å². The molecule has 3 aromatic rings. The Labute approximate surface area is 166 Å². The first kappa shape index (κ1) is 18.7. The molecule has 1 aliphatic carbocycles. The lowest BCUT2D eigenvalue weighted by atomic mass is 10.2. The number of esters is 1. The molecule has 0 saturated heterocycles. The number of aromatic nitrogens is 2. The van der Waals surface area contributed by atoms with E-state index >= 15 is 0 Å². The number of fused-ring (bicyclic) bond motifs is 3. The maximum atomic E-state index is 13.0. The van der Waals surface area contributed by atoms with E-state index < -0.39 is 0 Å². The van der Waals surface area contributed by atoms with Crippen molar-refractivity contribution in [3.05, 3.63) is 56.4 Å². The predicted molar refractivity (Wildman–Crippen MR) is 109 cm³/mol. The van der Waals surface area contributed by atoms with Gasteiger partial charge in [-0.3, -0.25) is 9.36 Å². The van der Waals surface area contributed by atoms with Crippen molar-refractivity contribution < 1.29 is 14.3 Å². The fraction of sp³-hybridized carbons (Fsp3) is 0.381. The molecular weight excluding hydrogens is 376 g/mol. The van der Waals surface area contributed by atoms with Gasteiger partial charge in [0, 0.05) is 11.4 Å². The molecule has 1 aliphatic rings. The van der Waals surface area contributed by atoms with E-state index in [1.807, 2.05) is 6.92 Å². The first-order chi connectivity index (χ1) is 13.6. The molecule has 1 aromatic carbocycles. The first-order valence-electron chi connectivity index (χ1n) is 9.41.